The Bertz CT molecular complexity index is 1280. The maximum absolute atomic E-state index is 13.6. The predicted octanol–water partition coefficient (Wildman–Crippen LogP) is 3.50. The third-order valence-electron chi connectivity index (χ3n) is 8.48. The second-order valence-corrected chi connectivity index (χ2v) is 10.3. The van der Waals surface area contributed by atoms with Crippen molar-refractivity contribution < 1.29 is 19.2 Å². The fourth-order valence-electron chi connectivity index (χ4n) is 6.66. The molecule has 6 heteroatoms. The second-order valence-electron chi connectivity index (χ2n) is 10.3. The number of rotatable bonds is 2. The number of benzene rings is 3. The van der Waals surface area contributed by atoms with E-state index in [1.165, 1.54) is 9.80 Å². The Balaban J connectivity index is 1.25. The molecule has 4 atom stereocenters. The molecule has 36 heavy (non-hydrogen) atoms. The first kappa shape index (κ1) is 21.2. The van der Waals surface area contributed by atoms with E-state index in [1.807, 2.05) is 48.5 Å². The lowest BCUT2D eigenvalue weighted by Crippen LogP contribution is -2.36. The largest absolute Gasteiger partial charge is 0.274 e. The van der Waals surface area contributed by atoms with E-state index >= 15 is 0 Å². The van der Waals surface area contributed by atoms with Gasteiger partial charge >= 0.3 is 0 Å². The van der Waals surface area contributed by atoms with E-state index in [0.717, 1.165) is 22.3 Å². The molecule has 0 aromatic heterocycles. The zero-order chi connectivity index (χ0) is 24.6. The highest BCUT2D eigenvalue weighted by Crippen LogP contribution is 2.45. The van der Waals surface area contributed by atoms with E-state index in [2.05, 4.69) is 0 Å². The van der Waals surface area contributed by atoms with Crippen molar-refractivity contribution in [3.8, 4) is 0 Å². The summed E-state index contributed by atoms with van der Waals surface area (Å²) in [6.45, 7) is 0. The van der Waals surface area contributed by atoms with Gasteiger partial charge in [-0.15, -0.1) is 0 Å². The third kappa shape index (κ3) is 2.90. The monoisotopic (exact) mass is 476 g/mol. The molecule has 6 nitrogen and oxygen atoms in total. The molecule has 4 amide bonds. The van der Waals surface area contributed by atoms with E-state index in [9.17, 15) is 19.2 Å². The Morgan fingerprint density at radius 3 is 0.944 bits per heavy atom. The molecule has 0 saturated carbocycles. The number of hydrogen-bond acceptors (Lipinski definition) is 4. The average Bonchev–Trinajstić information content (AvgIpc) is 3.29. The average molecular weight is 477 g/mol. The maximum atomic E-state index is 13.6. The molecule has 0 radical (unpaired) electrons. The van der Waals surface area contributed by atoms with Crippen LogP contribution in [0.1, 0.15) is 22.3 Å². The first-order valence-electron chi connectivity index (χ1n) is 12.5. The molecule has 7 rings (SSSR count). The van der Waals surface area contributed by atoms with Crippen molar-refractivity contribution in [2.45, 2.75) is 25.7 Å². The van der Waals surface area contributed by atoms with E-state index in [0.29, 0.717) is 37.1 Å². The van der Waals surface area contributed by atoms with Crippen LogP contribution < -0.4 is 9.80 Å². The number of hydrogen-bond donors (Lipinski definition) is 0. The normalized spacial score (nSPS) is 26.6. The molecular formula is C30H24N2O4. The van der Waals surface area contributed by atoms with Crippen molar-refractivity contribution in [3.63, 3.8) is 0 Å². The number of para-hydroxylation sites is 2. The van der Waals surface area contributed by atoms with Crippen LogP contribution in [0.25, 0.3) is 0 Å². The molecule has 3 aromatic carbocycles. The number of anilines is 2. The third-order valence-corrected chi connectivity index (χ3v) is 8.48. The summed E-state index contributed by atoms with van der Waals surface area (Å²) in [6.07, 6.45) is 2.09. The maximum Gasteiger partial charge on any atom is 0.238 e. The van der Waals surface area contributed by atoms with Gasteiger partial charge in [-0.3, -0.25) is 19.2 Å². The summed E-state index contributed by atoms with van der Waals surface area (Å²) in [7, 11) is 0. The van der Waals surface area contributed by atoms with Crippen molar-refractivity contribution in [1.29, 1.82) is 0 Å². The van der Waals surface area contributed by atoms with Crippen LogP contribution in [0.15, 0.2) is 72.8 Å². The number of nitrogens with zero attached hydrogens (tertiary/aromatic N) is 2. The molecule has 2 saturated heterocycles. The van der Waals surface area contributed by atoms with Crippen LogP contribution in [-0.4, -0.2) is 23.6 Å². The van der Waals surface area contributed by atoms with Gasteiger partial charge in [0.25, 0.3) is 0 Å². The molecule has 0 bridgehead atoms. The van der Waals surface area contributed by atoms with Gasteiger partial charge in [0.05, 0.1) is 35.0 Å². The quantitative estimate of drug-likeness (QED) is 0.531. The first-order valence-corrected chi connectivity index (χ1v) is 12.5. The van der Waals surface area contributed by atoms with Crippen molar-refractivity contribution in [1.82, 2.24) is 0 Å². The smallest absolute Gasteiger partial charge is 0.238 e. The van der Waals surface area contributed by atoms with Gasteiger partial charge in [-0.25, -0.2) is 9.80 Å². The zero-order valence-electron chi connectivity index (χ0n) is 19.6. The molecule has 0 N–H and O–H groups in total. The summed E-state index contributed by atoms with van der Waals surface area (Å²) >= 11 is 0. The van der Waals surface area contributed by atoms with Crippen LogP contribution in [0.3, 0.4) is 0 Å². The Kier molecular flexibility index (Phi) is 4.55. The Morgan fingerprint density at radius 1 is 0.417 bits per heavy atom. The summed E-state index contributed by atoms with van der Waals surface area (Å²) in [4.78, 5) is 56.9. The van der Waals surface area contributed by atoms with Crippen LogP contribution in [0.2, 0.25) is 0 Å². The molecule has 2 heterocycles. The minimum atomic E-state index is -0.428. The molecule has 2 aliphatic carbocycles. The molecule has 178 valence electrons. The fourth-order valence-corrected chi connectivity index (χ4v) is 6.66. The summed E-state index contributed by atoms with van der Waals surface area (Å²) in [5.74, 6) is -2.73. The number of imide groups is 2. The van der Waals surface area contributed by atoms with Crippen molar-refractivity contribution in [2.75, 3.05) is 9.80 Å². The van der Waals surface area contributed by atoms with Crippen LogP contribution >= 0.6 is 0 Å². The van der Waals surface area contributed by atoms with Crippen LogP contribution in [0.4, 0.5) is 11.4 Å². The van der Waals surface area contributed by atoms with Crippen LogP contribution in [-0.2, 0) is 44.9 Å². The first-order chi connectivity index (χ1) is 17.5. The van der Waals surface area contributed by atoms with Gasteiger partial charge < -0.3 is 0 Å². The SMILES string of the molecule is O=C1C2Cc3ccccc3CC2C(=O)N1c1ccccc1N1C(=O)C2Cc3ccccc3CC2C1=O. The van der Waals surface area contributed by atoms with Gasteiger partial charge in [0.15, 0.2) is 0 Å². The zero-order valence-corrected chi connectivity index (χ0v) is 19.6. The molecule has 4 aliphatic rings. The van der Waals surface area contributed by atoms with Gasteiger partial charge in [-0.05, 0) is 60.1 Å². The number of carbonyl (C=O) groups is 4. The lowest BCUT2D eigenvalue weighted by Gasteiger charge is -2.23. The lowest BCUT2D eigenvalue weighted by molar-refractivity contribution is -0.124. The molecule has 2 aliphatic heterocycles. The molecule has 4 unspecified atom stereocenters. The standard InChI is InChI=1S/C30H24N2O4/c33-27-21-13-17-7-1-2-8-18(17)14-22(21)28(34)31(27)25-11-5-6-12-26(25)32-29(35)23-15-19-9-3-4-10-20(19)16-24(23)30(32)36/h1-12,21-24H,13-16H2. The second kappa shape index (κ2) is 7.72. The molecular weight excluding hydrogens is 452 g/mol. The summed E-state index contributed by atoms with van der Waals surface area (Å²) in [5.41, 5.74) is 5.05. The molecule has 2 fully saturated rings. The number of amides is 4. The number of fused-ring (bicyclic) bond motifs is 4. The van der Waals surface area contributed by atoms with E-state index in [4.69, 9.17) is 0 Å². The van der Waals surface area contributed by atoms with E-state index in [-0.39, 0.29) is 23.6 Å². The van der Waals surface area contributed by atoms with Crippen molar-refractivity contribution in [2.24, 2.45) is 23.7 Å². The minimum absolute atomic E-state index is 0.254. The summed E-state index contributed by atoms with van der Waals surface area (Å²) in [5, 5.41) is 0. The highest BCUT2D eigenvalue weighted by molar-refractivity contribution is 6.28. The Morgan fingerprint density at radius 2 is 0.667 bits per heavy atom. The van der Waals surface area contributed by atoms with E-state index in [1.54, 1.807) is 24.3 Å². The highest BCUT2D eigenvalue weighted by Gasteiger charge is 2.53. The van der Waals surface area contributed by atoms with Gasteiger partial charge in [-0.2, -0.15) is 0 Å². The minimum Gasteiger partial charge on any atom is -0.274 e. The van der Waals surface area contributed by atoms with Gasteiger partial charge in [0.1, 0.15) is 0 Å². The summed E-state index contributed by atoms with van der Waals surface area (Å²) in [6, 6.07) is 22.7. The molecule has 0 spiro atoms. The van der Waals surface area contributed by atoms with Crippen LogP contribution in [0.5, 0.6) is 0 Å². The summed E-state index contributed by atoms with van der Waals surface area (Å²) < 4.78 is 0. The van der Waals surface area contributed by atoms with E-state index < -0.39 is 23.7 Å². The lowest BCUT2D eigenvalue weighted by atomic mass is 9.77. The van der Waals surface area contributed by atoms with Crippen molar-refractivity contribution >= 4 is 35.0 Å². The fraction of sp³-hybridized carbons (Fsp3) is 0.267. The topological polar surface area (TPSA) is 74.8 Å². The molecule has 3 aromatic rings. The Labute approximate surface area is 208 Å². The number of carbonyl (C=O) groups excluding carboxylic acids is 4. The van der Waals surface area contributed by atoms with Gasteiger partial charge in [-0.1, -0.05) is 60.7 Å². The van der Waals surface area contributed by atoms with Crippen molar-refractivity contribution in [3.05, 3.63) is 95.1 Å². The van der Waals surface area contributed by atoms with Crippen LogP contribution in [0, 0.1) is 23.7 Å². The Hall–Kier alpha value is -4.06. The highest BCUT2D eigenvalue weighted by atomic mass is 16.2. The predicted molar refractivity (Wildman–Crippen MR) is 133 cm³/mol. The van der Waals surface area contributed by atoms with Gasteiger partial charge in [0, 0.05) is 0 Å². The van der Waals surface area contributed by atoms with Gasteiger partial charge in [0.2, 0.25) is 23.6 Å².